The zero-order chi connectivity index (χ0) is 11.4. The van der Waals surface area contributed by atoms with Crippen molar-refractivity contribution in [3.8, 4) is 0 Å². The Morgan fingerprint density at radius 2 is 2.19 bits per heavy atom. The van der Waals surface area contributed by atoms with E-state index in [4.69, 9.17) is 5.73 Å². The van der Waals surface area contributed by atoms with E-state index in [1.807, 2.05) is 18.5 Å². The van der Waals surface area contributed by atoms with Crippen molar-refractivity contribution in [2.24, 2.45) is 5.73 Å². The summed E-state index contributed by atoms with van der Waals surface area (Å²) in [6, 6.07) is 8.80. The monoisotopic (exact) mass is 215 g/mol. The number of nitrogens with two attached hydrogens (primary N) is 1. The molecule has 0 unspecified atom stereocenters. The average Bonchev–Trinajstić information content (AvgIpc) is 2.35. The molecule has 1 heterocycles. The lowest BCUT2D eigenvalue weighted by atomic mass is 10.1. The first-order valence-corrected chi connectivity index (χ1v) is 5.55. The van der Waals surface area contributed by atoms with E-state index in [9.17, 15) is 0 Å². The molecule has 2 aromatic rings. The van der Waals surface area contributed by atoms with Crippen molar-refractivity contribution in [2.45, 2.75) is 19.5 Å². The topological polar surface area (TPSA) is 50.9 Å². The molecule has 0 aliphatic rings. The molecule has 0 fully saturated rings. The van der Waals surface area contributed by atoms with E-state index < -0.39 is 0 Å². The van der Waals surface area contributed by atoms with Crippen LogP contribution in [0.5, 0.6) is 0 Å². The first kappa shape index (κ1) is 11.0. The van der Waals surface area contributed by atoms with E-state index >= 15 is 0 Å². The molecule has 0 saturated carbocycles. The molecule has 3 N–H and O–H groups in total. The minimum atomic E-state index is 0.355. The molecule has 1 aromatic heterocycles. The quantitative estimate of drug-likeness (QED) is 0.815. The smallest absolute Gasteiger partial charge is 0.0346 e. The Hall–Kier alpha value is -1.45. The third-order valence-electron chi connectivity index (χ3n) is 2.71. The van der Waals surface area contributed by atoms with Gasteiger partial charge in [0.15, 0.2) is 0 Å². The van der Waals surface area contributed by atoms with Gasteiger partial charge in [0.05, 0.1) is 0 Å². The molecule has 0 saturated heterocycles. The molecular formula is C13H17N3. The summed E-state index contributed by atoms with van der Waals surface area (Å²) in [5.74, 6) is 0. The maximum absolute atomic E-state index is 5.56. The molecule has 0 aliphatic carbocycles. The van der Waals surface area contributed by atoms with Gasteiger partial charge in [0.2, 0.25) is 0 Å². The number of aromatic nitrogens is 1. The summed E-state index contributed by atoms with van der Waals surface area (Å²) in [7, 11) is 0. The van der Waals surface area contributed by atoms with Crippen LogP contribution in [-0.4, -0.2) is 17.6 Å². The van der Waals surface area contributed by atoms with Gasteiger partial charge in [-0.15, -0.1) is 0 Å². The van der Waals surface area contributed by atoms with Crippen LogP contribution in [-0.2, 0) is 6.54 Å². The summed E-state index contributed by atoms with van der Waals surface area (Å²) in [6.07, 6.45) is 3.71. The number of fused-ring (bicyclic) bond motifs is 1. The second-order valence-corrected chi connectivity index (χ2v) is 4.07. The van der Waals surface area contributed by atoms with E-state index in [0.717, 1.165) is 6.54 Å². The maximum atomic E-state index is 5.56. The average molecular weight is 215 g/mol. The van der Waals surface area contributed by atoms with E-state index in [1.54, 1.807) is 0 Å². The molecule has 1 aromatic carbocycles. The van der Waals surface area contributed by atoms with Crippen LogP contribution in [0.2, 0.25) is 0 Å². The third kappa shape index (κ3) is 2.56. The fourth-order valence-corrected chi connectivity index (χ4v) is 1.62. The van der Waals surface area contributed by atoms with Crippen molar-refractivity contribution in [3.05, 3.63) is 42.2 Å². The highest BCUT2D eigenvalue weighted by atomic mass is 14.9. The number of rotatable bonds is 4. The van der Waals surface area contributed by atoms with Gasteiger partial charge in [-0.3, -0.25) is 4.98 Å². The minimum Gasteiger partial charge on any atom is -0.329 e. The van der Waals surface area contributed by atoms with Gasteiger partial charge in [-0.1, -0.05) is 12.1 Å². The largest absolute Gasteiger partial charge is 0.329 e. The third-order valence-corrected chi connectivity index (χ3v) is 2.71. The Morgan fingerprint density at radius 3 is 3.00 bits per heavy atom. The summed E-state index contributed by atoms with van der Waals surface area (Å²) in [5, 5.41) is 5.78. The first-order chi connectivity index (χ1) is 7.79. The molecule has 0 bridgehead atoms. The van der Waals surface area contributed by atoms with Crippen LogP contribution in [0.25, 0.3) is 10.8 Å². The van der Waals surface area contributed by atoms with Crippen molar-refractivity contribution in [1.29, 1.82) is 0 Å². The molecule has 0 radical (unpaired) electrons. The molecule has 84 valence electrons. The van der Waals surface area contributed by atoms with Gasteiger partial charge < -0.3 is 11.1 Å². The van der Waals surface area contributed by atoms with Crippen LogP contribution in [0, 0.1) is 0 Å². The number of nitrogens with zero attached hydrogens (tertiary/aromatic N) is 1. The molecule has 0 aliphatic heterocycles. The molecule has 16 heavy (non-hydrogen) atoms. The number of hydrogen-bond acceptors (Lipinski definition) is 3. The van der Waals surface area contributed by atoms with Crippen molar-refractivity contribution in [1.82, 2.24) is 10.3 Å². The SMILES string of the molecule is C[C@H](CN)NCc1ccc2cnccc2c1. The van der Waals surface area contributed by atoms with Crippen LogP contribution in [0.1, 0.15) is 12.5 Å². The van der Waals surface area contributed by atoms with Gasteiger partial charge in [-0.25, -0.2) is 0 Å². The van der Waals surface area contributed by atoms with E-state index in [1.165, 1.54) is 16.3 Å². The summed E-state index contributed by atoms with van der Waals surface area (Å²) in [5.41, 5.74) is 6.83. The summed E-state index contributed by atoms with van der Waals surface area (Å²) < 4.78 is 0. The number of pyridine rings is 1. The van der Waals surface area contributed by atoms with Crippen molar-refractivity contribution in [3.63, 3.8) is 0 Å². The lowest BCUT2D eigenvalue weighted by molar-refractivity contribution is 0.556. The van der Waals surface area contributed by atoms with Gasteiger partial charge in [-0.05, 0) is 30.0 Å². The minimum absolute atomic E-state index is 0.355. The second kappa shape index (κ2) is 5.05. The van der Waals surface area contributed by atoms with Crippen molar-refractivity contribution < 1.29 is 0 Å². The van der Waals surface area contributed by atoms with Gasteiger partial charge in [0.1, 0.15) is 0 Å². The predicted molar refractivity (Wildman–Crippen MR) is 67.1 cm³/mol. The van der Waals surface area contributed by atoms with Crippen LogP contribution in [0.15, 0.2) is 36.7 Å². The second-order valence-electron chi connectivity index (χ2n) is 4.07. The Labute approximate surface area is 95.7 Å². The molecule has 3 heteroatoms. The molecule has 0 amide bonds. The number of hydrogen-bond donors (Lipinski definition) is 2. The van der Waals surface area contributed by atoms with Gasteiger partial charge >= 0.3 is 0 Å². The lowest BCUT2D eigenvalue weighted by Crippen LogP contribution is -2.32. The normalized spacial score (nSPS) is 12.9. The van der Waals surface area contributed by atoms with Gasteiger partial charge in [0.25, 0.3) is 0 Å². The van der Waals surface area contributed by atoms with E-state index in [0.29, 0.717) is 12.6 Å². The van der Waals surface area contributed by atoms with Crippen LogP contribution in [0.4, 0.5) is 0 Å². The van der Waals surface area contributed by atoms with Gasteiger partial charge in [-0.2, -0.15) is 0 Å². The Bertz CT molecular complexity index is 467. The molecule has 2 rings (SSSR count). The standard InChI is InChI=1S/C13H17N3/c1-10(7-14)16-8-11-2-3-13-9-15-5-4-12(13)6-11/h2-6,9-10,16H,7-8,14H2,1H3/t10-/m1/s1. The van der Waals surface area contributed by atoms with E-state index in [-0.39, 0.29) is 0 Å². The fraction of sp³-hybridized carbons (Fsp3) is 0.308. The Morgan fingerprint density at radius 1 is 1.31 bits per heavy atom. The molecule has 0 spiro atoms. The molecule has 1 atom stereocenters. The highest BCUT2D eigenvalue weighted by Crippen LogP contribution is 2.14. The number of nitrogens with one attached hydrogen (secondary N) is 1. The lowest BCUT2D eigenvalue weighted by Gasteiger charge is -2.11. The molecule has 3 nitrogen and oxygen atoms in total. The zero-order valence-corrected chi connectivity index (χ0v) is 9.48. The molecular weight excluding hydrogens is 198 g/mol. The maximum Gasteiger partial charge on any atom is 0.0346 e. The Kier molecular flexibility index (Phi) is 3.49. The number of benzene rings is 1. The van der Waals surface area contributed by atoms with Crippen molar-refractivity contribution >= 4 is 10.8 Å². The summed E-state index contributed by atoms with van der Waals surface area (Å²) in [6.45, 7) is 3.61. The zero-order valence-electron chi connectivity index (χ0n) is 9.48. The van der Waals surface area contributed by atoms with Crippen LogP contribution in [0.3, 0.4) is 0 Å². The van der Waals surface area contributed by atoms with E-state index in [2.05, 4.69) is 35.4 Å². The summed E-state index contributed by atoms with van der Waals surface area (Å²) >= 11 is 0. The highest BCUT2D eigenvalue weighted by molar-refractivity contribution is 5.81. The summed E-state index contributed by atoms with van der Waals surface area (Å²) in [4.78, 5) is 4.10. The van der Waals surface area contributed by atoms with Crippen LogP contribution < -0.4 is 11.1 Å². The van der Waals surface area contributed by atoms with Gasteiger partial charge in [0, 0.05) is 36.9 Å². The predicted octanol–water partition coefficient (Wildman–Crippen LogP) is 1.67. The Balaban J connectivity index is 2.13. The highest BCUT2D eigenvalue weighted by Gasteiger charge is 1.99. The van der Waals surface area contributed by atoms with Crippen LogP contribution >= 0.6 is 0 Å². The van der Waals surface area contributed by atoms with Crippen molar-refractivity contribution in [2.75, 3.05) is 6.54 Å². The first-order valence-electron chi connectivity index (χ1n) is 5.55. The fourth-order valence-electron chi connectivity index (χ4n) is 1.62.